The fourth-order valence-electron chi connectivity index (χ4n) is 3.80. The zero-order valence-electron chi connectivity index (χ0n) is 17.6. The Balaban J connectivity index is 1.33. The maximum atomic E-state index is 12.5. The van der Waals surface area contributed by atoms with Crippen LogP contribution in [0, 0.1) is 0 Å². The molecule has 3 aromatic rings. The van der Waals surface area contributed by atoms with Crippen molar-refractivity contribution in [2.45, 2.75) is 38.1 Å². The number of aromatic amines is 1. The van der Waals surface area contributed by atoms with Gasteiger partial charge < -0.3 is 14.6 Å². The number of nitrogens with one attached hydrogen (secondary N) is 2. The largest absolute Gasteiger partial charge is 0.497 e. The molecule has 10 nitrogen and oxygen atoms in total. The number of hydrogen-bond donors (Lipinski definition) is 2. The van der Waals surface area contributed by atoms with Crippen LogP contribution in [0.4, 0.5) is 0 Å². The number of amides is 1. The predicted octanol–water partition coefficient (Wildman–Crippen LogP) is 2.14. The third kappa shape index (κ3) is 5.46. The molecule has 10 heteroatoms. The number of piperidine rings is 1. The summed E-state index contributed by atoms with van der Waals surface area (Å²) in [5.41, 5.74) is 1.18. The first kappa shape index (κ1) is 21.0. The zero-order chi connectivity index (χ0) is 21.5. The Morgan fingerprint density at radius 2 is 2.06 bits per heavy atom. The molecule has 0 saturated carbocycles. The summed E-state index contributed by atoms with van der Waals surface area (Å²) in [5, 5.41) is 13.4. The molecule has 4 rings (SSSR count). The number of rotatable bonds is 9. The molecule has 0 spiro atoms. The second kappa shape index (κ2) is 10.2. The summed E-state index contributed by atoms with van der Waals surface area (Å²) in [4.78, 5) is 23.2. The molecule has 1 atom stereocenters. The van der Waals surface area contributed by atoms with Crippen LogP contribution in [0.15, 0.2) is 35.1 Å². The average molecular weight is 425 g/mol. The van der Waals surface area contributed by atoms with Crippen LogP contribution >= 0.6 is 0 Å². The first-order valence-electron chi connectivity index (χ1n) is 10.6. The molecule has 2 N–H and O–H groups in total. The van der Waals surface area contributed by atoms with Gasteiger partial charge in [0.2, 0.25) is 17.6 Å². The van der Waals surface area contributed by atoms with Gasteiger partial charge in [-0.15, -0.1) is 0 Å². The Morgan fingerprint density at radius 1 is 1.26 bits per heavy atom. The number of nitrogens with zero attached hydrogens (tertiary/aromatic N) is 5. The standard InChI is InChI=1S/C21H27N7O3/c1-30-16-7-5-15(6-8-16)17(28-11-3-2-4-12-28)13-22-18(29)9-10-19-25-21(27-31-19)20-23-14-24-26-20/h5-8,14,17H,2-4,9-13H2,1H3,(H,22,29)(H,23,24,26)/t17-/m1/s1. The van der Waals surface area contributed by atoms with E-state index in [1.54, 1.807) is 7.11 Å². The number of likely N-dealkylation sites (tertiary alicyclic amines) is 1. The average Bonchev–Trinajstić information content (AvgIpc) is 3.51. The Morgan fingerprint density at radius 3 is 2.77 bits per heavy atom. The third-order valence-electron chi connectivity index (χ3n) is 5.49. The van der Waals surface area contributed by atoms with Crippen molar-refractivity contribution < 1.29 is 14.1 Å². The van der Waals surface area contributed by atoms with E-state index in [4.69, 9.17) is 9.26 Å². The lowest BCUT2D eigenvalue weighted by molar-refractivity contribution is -0.121. The van der Waals surface area contributed by atoms with Crippen LogP contribution in [0.1, 0.15) is 43.2 Å². The molecule has 0 aliphatic carbocycles. The maximum absolute atomic E-state index is 12.5. The predicted molar refractivity (Wildman–Crippen MR) is 112 cm³/mol. The van der Waals surface area contributed by atoms with Gasteiger partial charge >= 0.3 is 0 Å². The van der Waals surface area contributed by atoms with Gasteiger partial charge in [0.05, 0.1) is 13.2 Å². The summed E-state index contributed by atoms with van der Waals surface area (Å²) in [6, 6.07) is 8.23. The van der Waals surface area contributed by atoms with E-state index in [-0.39, 0.29) is 18.4 Å². The van der Waals surface area contributed by atoms with Gasteiger partial charge in [-0.2, -0.15) is 10.1 Å². The molecule has 1 amide bonds. The van der Waals surface area contributed by atoms with E-state index >= 15 is 0 Å². The fraction of sp³-hybridized carbons (Fsp3) is 0.476. The van der Waals surface area contributed by atoms with Crippen LogP contribution < -0.4 is 10.1 Å². The number of methoxy groups -OCH3 is 1. The quantitative estimate of drug-likeness (QED) is 0.535. The van der Waals surface area contributed by atoms with E-state index in [2.05, 4.69) is 47.7 Å². The zero-order valence-corrected chi connectivity index (χ0v) is 17.6. The van der Waals surface area contributed by atoms with E-state index < -0.39 is 0 Å². The summed E-state index contributed by atoms with van der Waals surface area (Å²) >= 11 is 0. The lowest BCUT2D eigenvalue weighted by atomic mass is 10.0. The van der Waals surface area contributed by atoms with Gasteiger partial charge in [-0.1, -0.05) is 23.7 Å². The Kier molecular flexibility index (Phi) is 6.88. The van der Waals surface area contributed by atoms with Crippen LogP contribution in [0.3, 0.4) is 0 Å². The van der Waals surface area contributed by atoms with Crippen molar-refractivity contribution in [3.8, 4) is 17.4 Å². The van der Waals surface area contributed by atoms with Gasteiger partial charge in [0, 0.05) is 19.4 Å². The molecule has 31 heavy (non-hydrogen) atoms. The lowest BCUT2D eigenvalue weighted by Crippen LogP contribution is -2.40. The number of aromatic nitrogens is 5. The van der Waals surface area contributed by atoms with Crippen molar-refractivity contribution in [3.05, 3.63) is 42.0 Å². The smallest absolute Gasteiger partial charge is 0.239 e. The highest BCUT2D eigenvalue weighted by Gasteiger charge is 2.23. The summed E-state index contributed by atoms with van der Waals surface area (Å²) in [7, 11) is 1.66. The van der Waals surface area contributed by atoms with Gasteiger partial charge in [0.15, 0.2) is 5.82 Å². The van der Waals surface area contributed by atoms with E-state index in [1.165, 1.54) is 31.2 Å². The molecule has 1 aliphatic rings. The highest BCUT2D eigenvalue weighted by atomic mass is 16.5. The van der Waals surface area contributed by atoms with Crippen molar-refractivity contribution in [2.24, 2.45) is 0 Å². The summed E-state index contributed by atoms with van der Waals surface area (Å²) < 4.78 is 10.5. The number of hydrogen-bond acceptors (Lipinski definition) is 8. The molecule has 3 heterocycles. The minimum absolute atomic E-state index is 0.0464. The van der Waals surface area contributed by atoms with Crippen LogP contribution in [0.25, 0.3) is 11.6 Å². The van der Waals surface area contributed by atoms with Crippen LogP contribution in [-0.4, -0.2) is 62.9 Å². The van der Waals surface area contributed by atoms with Gasteiger partial charge in [-0.05, 0) is 43.6 Å². The fourth-order valence-corrected chi connectivity index (χ4v) is 3.80. The molecule has 2 aromatic heterocycles. The second-order valence-electron chi connectivity index (χ2n) is 7.54. The number of carbonyl (C=O) groups is 1. The highest BCUT2D eigenvalue weighted by molar-refractivity contribution is 5.76. The minimum atomic E-state index is -0.0464. The minimum Gasteiger partial charge on any atom is -0.497 e. The van der Waals surface area contributed by atoms with Crippen molar-refractivity contribution in [3.63, 3.8) is 0 Å². The molecule has 0 radical (unpaired) electrons. The monoisotopic (exact) mass is 425 g/mol. The van der Waals surface area contributed by atoms with Gasteiger partial charge in [0.25, 0.3) is 0 Å². The molecular weight excluding hydrogens is 398 g/mol. The Hall–Kier alpha value is -3.27. The van der Waals surface area contributed by atoms with Crippen LogP contribution in [-0.2, 0) is 11.2 Å². The normalized spacial score (nSPS) is 15.5. The molecule has 164 valence electrons. The van der Waals surface area contributed by atoms with Gasteiger partial charge in [0.1, 0.15) is 12.1 Å². The Bertz CT molecular complexity index is 950. The highest BCUT2D eigenvalue weighted by Crippen LogP contribution is 2.26. The van der Waals surface area contributed by atoms with E-state index in [0.29, 0.717) is 30.5 Å². The van der Waals surface area contributed by atoms with Crippen LogP contribution in [0.5, 0.6) is 5.75 Å². The van der Waals surface area contributed by atoms with Crippen LogP contribution in [0.2, 0.25) is 0 Å². The van der Waals surface area contributed by atoms with Gasteiger partial charge in [-0.25, -0.2) is 4.98 Å². The molecular formula is C21H27N7O3. The first-order valence-corrected chi connectivity index (χ1v) is 10.6. The molecule has 1 aromatic carbocycles. The van der Waals surface area contributed by atoms with Crippen molar-refractivity contribution >= 4 is 5.91 Å². The summed E-state index contributed by atoms with van der Waals surface area (Å²) in [5.74, 6) is 1.94. The summed E-state index contributed by atoms with van der Waals surface area (Å²) in [6.07, 6.45) is 5.65. The number of carbonyl (C=O) groups excluding carboxylic acids is 1. The van der Waals surface area contributed by atoms with Gasteiger partial charge in [-0.3, -0.25) is 14.8 Å². The molecule has 1 saturated heterocycles. The maximum Gasteiger partial charge on any atom is 0.239 e. The number of H-pyrrole nitrogens is 1. The SMILES string of the molecule is COc1ccc([C@@H](CNC(=O)CCc2nc(-c3ncn[nH]3)no2)N2CCCCC2)cc1. The lowest BCUT2D eigenvalue weighted by Gasteiger charge is -2.35. The topological polar surface area (TPSA) is 122 Å². The number of ether oxygens (including phenoxy) is 1. The molecule has 0 unspecified atom stereocenters. The second-order valence-corrected chi connectivity index (χ2v) is 7.54. The van der Waals surface area contributed by atoms with E-state index in [0.717, 1.165) is 18.8 Å². The first-order chi connectivity index (χ1) is 15.2. The Labute approximate surface area is 180 Å². The molecule has 1 fully saturated rings. The number of benzene rings is 1. The molecule has 1 aliphatic heterocycles. The summed E-state index contributed by atoms with van der Waals surface area (Å²) in [6.45, 7) is 2.64. The van der Waals surface area contributed by atoms with Crippen molar-refractivity contribution in [1.82, 2.24) is 35.5 Å². The van der Waals surface area contributed by atoms with Crippen molar-refractivity contribution in [1.29, 1.82) is 0 Å². The third-order valence-corrected chi connectivity index (χ3v) is 5.49. The van der Waals surface area contributed by atoms with E-state index in [9.17, 15) is 4.79 Å². The van der Waals surface area contributed by atoms with E-state index in [1.807, 2.05) is 12.1 Å². The number of aryl methyl sites for hydroxylation is 1. The van der Waals surface area contributed by atoms with Crippen molar-refractivity contribution in [2.75, 3.05) is 26.7 Å². The molecule has 0 bridgehead atoms.